The Labute approximate surface area is 240 Å². The smallest absolute Gasteiger partial charge is 0.312 e. The molecule has 2 aliphatic rings. The molecule has 5 N–H and O–H groups in total. The Kier molecular flexibility index (Phi) is 14.8. The van der Waals surface area contributed by atoms with Crippen molar-refractivity contribution in [3.63, 3.8) is 0 Å². The molecular formula is C27H46N2O12. The number of aliphatic hydroxyl groups is 1. The van der Waals surface area contributed by atoms with Gasteiger partial charge in [0.05, 0.1) is 24.2 Å². The molecule has 0 aliphatic carbocycles. The van der Waals surface area contributed by atoms with Crippen LogP contribution in [0.3, 0.4) is 0 Å². The van der Waals surface area contributed by atoms with Crippen molar-refractivity contribution in [3.8, 4) is 0 Å². The van der Waals surface area contributed by atoms with Gasteiger partial charge in [-0.05, 0) is 52.9 Å². The van der Waals surface area contributed by atoms with Crippen molar-refractivity contribution in [2.24, 2.45) is 11.7 Å². The number of carbonyl (C=O) groups excluding carboxylic acids is 3. The molecule has 0 saturated carbocycles. The van der Waals surface area contributed by atoms with Crippen LogP contribution < -0.4 is 11.1 Å². The minimum absolute atomic E-state index is 0.00403. The minimum Gasteiger partial charge on any atom is -0.481 e. The maximum Gasteiger partial charge on any atom is 0.312 e. The first-order chi connectivity index (χ1) is 19.3. The number of amides is 2. The van der Waals surface area contributed by atoms with Crippen molar-refractivity contribution in [2.75, 3.05) is 13.2 Å². The zero-order valence-corrected chi connectivity index (χ0v) is 24.3. The molecule has 2 unspecified atom stereocenters. The highest BCUT2D eigenvalue weighted by Crippen LogP contribution is 2.28. The highest BCUT2D eigenvalue weighted by molar-refractivity contribution is 5.75. The molecule has 0 aromatic rings. The first-order valence-corrected chi connectivity index (χ1v) is 14.3. The Bertz CT molecular complexity index is 858. The van der Waals surface area contributed by atoms with E-state index in [0.717, 1.165) is 6.42 Å². The monoisotopic (exact) mass is 590 g/mol. The van der Waals surface area contributed by atoms with E-state index in [4.69, 9.17) is 39.3 Å². The van der Waals surface area contributed by atoms with Crippen LogP contribution in [0.4, 0.5) is 4.79 Å². The van der Waals surface area contributed by atoms with E-state index in [1.54, 1.807) is 20.8 Å². The molecule has 236 valence electrons. The summed E-state index contributed by atoms with van der Waals surface area (Å²) >= 11 is 0. The molecule has 0 bridgehead atoms. The van der Waals surface area contributed by atoms with Crippen molar-refractivity contribution < 1.29 is 57.8 Å². The van der Waals surface area contributed by atoms with Gasteiger partial charge >= 0.3 is 23.9 Å². The lowest BCUT2D eigenvalue weighted by Gasteiger charge is -2.40. The first kappa shape index (κ1) is 34.7. The molecule has 2 fully saturated rings. The van der Waals surface area contributed by atoms with Crippen molar-refractivity contribution >= 4 is 23.9 Å². The van der Waals surface area contributed by atoms with Crippen LogP contribution in [0.1, 0.15) is 79.1 Å². The van der Waals surface area contributed by atoms with Gasteiger partial charge in [-0.25, -0.2) is 4.79 Å². The molecule has 0 aromatic heterocycles. The largest absolute Gasteiger partial charge is 0.481 e. The first-order valence-electron chi connectivity index (χ1n) is 14.3. The number of hydrogen-bond acceptors (Lipinski definition) is 11. The van der Waals surface area contributed by atoms with Gasteiger partial charge in [0.2, 0.25) is 0 Å². The molecule has 41 heavy (non-hydrogen) atoms. The van der Waals surface area contributed by atoms with E-state index in [0.29, 0.717) is 25.9 Å². The Morgan fingerprint density at radius 2 is 1.73 bits per heavy atom. The Balaban J connectivity index is 1.91. The summed E-state index contributed by atoms with van der Waals surface area (Å²) in [5.41, 5.74) is 5.06. The quantitative estimate of drug-likeness (QED) is 0.150. The number of urea groups is 1. The lowest BCUT2D eigenvalue weighted by molar-refractivity contribution is -0.280. The van der Waals surface area contributed by atoms with Crippen LogP contribution in [0.2, 0.25) is 0 Å². The van der Waals surface area contributed by atoms with Crippen LogP contribution in [0.25, 0.3) is 0 Å². The highest BCUT2D eigenvalue weighted by Gasteiger charge is 2.42. The maximum absolute atomic E-state index is 12.7. The third-order valence-corrected chi connectivity index (χ3v) is 6.91. The number of carboxylic acid groups (broad SMARTS) is 1. The number of carboxylic acids is 1. The van der Waals surface area contributed by atoms with Crippen molar-refractivity contribution in [3.05, 3.63) is 0 Å². The fraction of sp³-hybridized carbons (Fsp3) is 0.852. The number of aliphatic carboxylic acids is 1. The summed E-state index contributed by atoms with van der Waals surface area (Å²) < 4.78 is 34.3. The molecule has 9 atom stereocenters. The number of nitrogens with one attached hydrogen (secondary N) is 1. The van der Waals surface area contributed by atoms with Crippen molar-refractivity contribution in [2.45, 2.75) is 128 Å². The summed E-state index contributed by atoms with van der Waals surface area (Å²) in [5, 5.41) is 21.3. The van der Waals surface area contributed by atoms with Crippen molar-refractivity contribution in [1.82, 2.24) is 5.32 Å². The average Bonchev–Trinajstić information content (AvgIpc) is 2.90. The number of aliphatic hydroxyl groups excluding tert-OH is 1. The second kappa shape index (κ2) is 17.4. The zero-order chi connectivity index (χ0) is 30.5. The van der Waals surface area contributed by atoms with Crippen LogP contribution in [0, 0.1) is 5.92 Å². The maximum atomic E-state index is 12.7. The molecule has 0 radical (unpaired) electrons. The van der Waals surface area contributed by atoms with E-state index in [2.05, 4.69) is 5.32 Å². The molecule has 0 spiro atoms. The van der Waals surface area contributed by atoms with Crippen LogP contribution >= 0.6 is 0 Å². The minimum atomic E-state index is -0.989. The van der Waals surface area contributed by atoms with Crippen LogP contribution in [-0.4, -0.2) is 96.5 Å². The number of ether oxygens (including phenoxy) is 6. The molecule has 2 saturated heterocycles. The third kappa shape index (κ3) is 12.9. The average molecular weight is 591 g/mol. The fourth-order valence-electron chi connectivity index (χ4n) is 4.39. The topological polar surface area (TPSA) is 202 Å². The number of primary amides is 1. The van der Waals surface area contributed by atoms with E-state index in [-0.39, 0.29) is 38.3 Å². The predicted molar refractivity (Wildman–Crippen MR) is 142 cm³/mol. The van der Waals surface area contributed by atoms with E-state index in [9.17, 15) is 24.3 Å². The van der Waals surface area contributed by atoms with Gasteiger partial charge in [-0.2, -0.15) is 0 Å². The normalized spacial score (nSPS) is 29.6. The van der Waals surface area contributed by atoms with Gasteiger partial charge in [0.1, 0.15) is 12.2 Å². The summed E-state index contributed by atoms with van der Waals surface area (Å²) in [7, 11) is 0. The summed E-state index contributed by atoms with van der Waals surface area (Å²) in [5.74, 6) is -2.73. The van der Waals surface area contributed by atoms with Crippen LogP contribution in [-0.2, 0) is 42.8 Å². The van der Waals surface area contributed by atoms with E-state index in [1.807, 2.05) is 6.92 Å². The second-order valence-corrected chi connectivity index (χ2v) is 10.8. The number of esters is 2. The summed E-state index contributed by atoms with van der Waals surface area (Å²) in [6.07, 6.45) is -2.42. The summed E-state index contributed by atoms with van der Waals surface area (Å²) in [6.45, 7) is 7.18. The molecule has 0 aromatic carbocycles. The van der Waals surface area contributed by atoms with Gasteiger partial charge in [0, 0.05) is 32.4 Å². The van der Waals surface area contributed by atoms with Gasteiger partial charge < -0.3 is 49.7 Å². The lowest BCUT2D eigenvalue weighted by Crippen LogP contribution is -2.51. The van der Waals surface area contributed by atoms with Crippen LogP contribution in [0.5, 0.6) is 0 Å². The molecule has 2 aliphatic heterocycles. The molecule has 2 heterocycles. The molecule has 14 nitrogen and oxygen atoms in total. The SMILES string of the molecule is CC1CC[C@H](O)[C@H](OCCCCC(=O)O[C@H]2C[C@@H](OC(=O)[C@H](C)CNC(N)=O)C(C)O[C@H]2O[C@H](C)CCC(=O)O)O1. The number of hydrogen-bond donors (Lipinski definition) is 4. The summed E-state index contributed by atoms with van der Waals surface area (Å²) in [6, 6.07) is -0.760. The number of unbranched alkanes of at least 4 members (excludes halogenated alkanes) is 1. The Morgan fingerprint density at radius 1 is 1.00 bits per heavy atom. The predicted octanol–water partition coefficient (Wildman–Crippen LogP) is 1.59. The molecule has 14 heteroatoms. The molecule has 2 rings (SSSR count). The van der Waals surface area contributed by atoms with Crippen molar-refractivity contribution in [1.29, 1.82) is 0 Å². The van der Waals surface area contributed by atoms with Gasteiger partial charge in [-0.1, -0.05) is 6.92 Å². The van der Waals surface area contributed by atoms with Crippen LogP contribution in [0.15, 0.2) is 0 Å². The Hall–Kier alpha value is -2.52. The molecule has 2 amide bonds. The molecular weight excluding hydrogens is 544 g/mol. The van der Waals surface area contributed by atoms with Gasteiger partial charge in [0.15, 0.2) is 18.7 Å². The standard InChI is InChI=1S/C27H46N2O12/c1-15(14-29-27(28)35)24(34)41-20-13-21(26(39-18(20)4)38-17(3)9-11-22(31)32)40-23(33)7-5-6-12-36-25-19(30)10-8-16(2)37-25/h15-21,25-26,30H,5-14H2,1-4H3,(H,31,32)(H3,28,29,35)/t15-,16?,17-,18?,19+,20-,21+,25-,26-/m1/s1. The zero-order valence-electron chi connectivity index (χ0n) is 24.3. The number of rotatable bonds is 16. The van der Waals surface area contributed by atoms with E-state index in [1.165, 1.54) is 0 Å². The fourth-order valence-corrected chi connectivity index (χ4v) is 4.39. The van der Waals surface area contributed by atoms with Gasteiger partial charge in [-0.15, -0.1) is 0 Å². The lowest BCUT2D eigenvalue weighted by atomic mass is 10.0. The Morgan fingerprint density at radius 3 is 2.41 bits per heavy atom. The van der Waals surface area contributed by atoms with Gasteiger partial charge in [-0.3, -0.25) is 14.4 Å². The number of carbonyl (C=O) groups is 4. The van der Waals surface area contributed by atoms with E-state index < -0.39 is 73.0 Å². The van der Waals surface area contributed by atoms with E-state index >= 15 is 0 Å². The third-order valence-electron chi connectivity index (χ3n) is 6.91. The highest BCUT2D eigenvalue weighted by atomic mass is 16.7. The van der Waals surface area contributed by atoms with Gasteiger partial charge in [0.25, 0.3) is 0 Å². The summed E-state index contributed by atoms with van der Waals surface area (Å²) in [4.78, 5) is 47.2. The number of nitrogens with two attached hydrogens (primary N) is 1. The second-order valence-electron chi connectivity index (χ2n) is 10.8.